The highest BCUT2D eigenvalue weighted by Crippen LogP contribution is 2.20. The van der Waals surface area contributed by atoms with Crippen LogP contribution in [-0.4, -0.2) is 22.7 Å². The Balaban J connectivity index is 1.56. The minimum absolute atomic E-state index is 0.0156. The minimum atomic E-state index is -0.834. The number of hydrogen-bond donors (Lipinski definition) is 1. The Morgan fingerprint density at radius 1 is 1.19 bits per heavy atom. The Morgan fingerprint density at radius 2 is 1.96 bits per heavy atom. The van der Waals surface area contributed by atoms with E-state index in [4.69, 9.17) is 9.26 Å². The molecule has 1 amide bonds. The summed E-state index contributed by atoms with van der Waals surface area (Å²) < 4.78 is 36.9. The van der Waals surface area contributed by atoms with Crippen LogP contribution >= 0.6 is 0 Å². The van der Waals surface area contributed by atoms with Crippen LogP contribution in [0.25, 0.3) is 11.4 Å². The number of rotatable bonds is 7. The van der Waals surface area contributed by atoms with Gasteiger partial charge in [0, 0.05) is 24.5 Å². The first-order valence-corrected chi connectivity index (χ1v) is 8.36. The van der Waals surface area contributed by atoms with Crippen molar-refractivity contribution < 1.29 is 22.8 Å². The minimum Gasteiger partial charge on any atom is -0.494 e. The zero-order valence-corrected chi connectivity index (χ0v) is 14.5. The number of nitrogens with zero attached hydrogens (tertiary/aromatic N) is 2. The zero-order chi connectivity index (χ0) is 19.2. The maximum absolute atomic E-state index is 13.5. The van der Waals surface area contributed by atoms with Crippen molar-refractivity contribution in [2.45, 2.75) is 19.8 Å². The molecule has 0 spiro atoms. The number of carbonyl (C=O) groups is 1. The summed E-state index contributed by atoms with van der Waals surface area (Å²) in [7, 11) is 0. The molecule has 140 valence electrons. The maximum Gasteiger partial charge on any atom is 0.227 e. The number of anilines is 1. The van der Waals surface area contributed by atoms with E-state index in [2.05, 4.69) is 15.5 Å². The van der Waals surface area contributed by atoms with Crippen LogP contribution in [0.3, 0.4) is 0 Å². The van der Waals surface area contributed by atoms with Crippen LogP contribution in [0.5, 0.6) is 5.75 Å². The zero-order valence-electron chi connectivity index (χ0n) is 14.5. The number of carbonyl (C=O) groups excluding carboxylic acids is 1. The molecule has 0 aliphatic carbocycles. The highest BCUT2D eigenvalue weighted by molar-refractivity contribution is 5.90. The van der Waals surface area contributed by atoms with Crippen molar-refractivity contribution >= 4 is 11.6 Å². The number of nitrogens with one attached hydrogen (secondary N) is 1. The fourth-order valence-electron chi connectivity index (χ4n) is 2.36. The first-order valence-electron chi connectivity index (χ1n) is 8.36. The Morgan fingerprint density at radius 3 is 2.67 bits per heavy atom. The third-order valence-corrected chi connectivity index (χ3v) is 3.66. The predicted molar refractivity (Wildman–Crippen MR) is 94.2 cm³/mol. The van der Waals surface area contributed by atoms with Crippen LogP contribution in [0.15, 0.2) is 47.0 Å². The molecule has 0 unspecified atom stereocenters. The summed E-state index contributed by atoms with van der Waals surface area (Å²) in [5, 5.41) is 6.27. The van der Waals surface area contributed by atoms with Gasteiger partial charge >= 0.3 is 0 Å². The van der Waals surface area contributed by atoms with Crippen molar-refractivity contribution in [1.82, 2.24) is 10.1 Å². The fraction of sp³-hybridized carbons (Fsp3) is 0.211. The highest BCUT2D eigenvalue weighted by Gasteiger charge is 2.12. The lowest BCUT2D eigenvalue weighted by Gasteiger charge is -2.05. The Kier molecular flexibility index (Phi) is 5.75. The predicted octanol–water partition coefficient (Wildman–Crippen LogP) is 3.98. The van der Waals surface area contributed by atoms with Crippen molar-refractivity contribution in [1.29, 1.82) is 0 Å². The van der Waals surface area contributed by atoms with Gasteiger partial charge in [0.05, 0.1) is 12.3 Å². The topological polar surface area (TPSA) is 77.2 Å². The lowest BCUT2D eigenvalue weighted by Crippen LogP contribution is -2.13. The third kappa shape index (κ3) is 4.87. The van der Waals surface area contributed by atoms with Crippen molar-refractivity contribution in [2.75, 3.05) is 11.9 Å². The second kappa shape index (κ2) is 8.39. The lowest BCUT2D eigenvalue weighted by atomic mass is 10.2. The van der Waals surface area contributed by atoms with Crippen molar-refractivity contribution in [2.24, 2.45) is 0 Å². The fourth-order valence-corrected chi connectivity index (χ4v) is 2.36. The number of ether oxygens (including phenoxy) is 1. The average Bonchev–Trinajstić information content (AvgIpc) is 3.12. The van der Waals surface area contributed by atoms with E-state index in [1.807, 2.05) is 19.1 Å². The molecule has 2 aromatic carbocycles. The Labute approximate surface area is 154 Å². The molecule has 27 heavy (non-hydrogen) atoms. The molecule has 0 saturated carbocycles. The smallest absolute Gasteiger partial charge is 0.227 e. The van der Waals surface area contributed by atoms with Crippen LogP contribution in [0.1, 0.15) is 19.2 Å². The molecule has 0 saturated heterocycles. The molecule has 6 nitrogen and oxygen atoms in total. The third-order valence-electron chi connectivity index (χ3n) is 3.66. The number of amides is 1. The lowest BCUT2D eigenvalue weighted by molar-refractivity contribution is -0.116. The molecular formula is C19H17F2N3O3. The second-order valence-electron chi connectivity index (χ2n) is 5.64. The van der Waals surface area contributed by atoms with Gasteiger partial charge in [0.2, 0.25) is 17.6 Å². The van der Waals surface area contributed by atoms with E-state index in [1.165, 1.54) is 6.07 Å². The van der Waals surface area contributed by atoms with Crippen molar-refractivity contribution in [3.05, 3.63) is 60.0 Å². The van der Waals surface area contributed by atoms with E-state index in [0.29, 0.717) is 18.5 Å². The summed E-state index contributed by atoms with van der Waals surface area (Å²) in [6.45, 7) is 2.48. The monoisotopic (exact) mass is 373 g/mol. The molecule has 3 rings (SSSR count). The molecule has 0 aliphatic heterocycles. The standard InChI is InChI=1S/C19H17F2N3O3/c1-2-26-14-6-3-12(4-7-14)19-23-18(27-24-19)10-9-17(25)22-16-8-5-13(20)11-15(16)21/h3-8,11H,2,9-10H2,1H3,(H,22,25). The number of benzene rings is 2. The first kappa shape index (κ1) is 18.5. The average molecular weight is 373 g/mol. The summed E-state index contributed by atoms with van der Waals surface area (Å²) in [5.74, 6) is -0.556. The van der Waals surface area contributed by atoms with E-state index in [1.54, 1.807) is 12.1 Å². The van der Waals surface area contributed by atoms with E-state index in [9.17, 15) is 13.6 Å². The van der Waals surface area contributed by atoms with Gasteiger partial charge in [-0.15, -0.1) is 0 Å². The molecule has 1 heterocycles. The molecule has 0 aliphatic rings. The summed E-state index contributed by atoms with van der Waals surface area (Å²) in [6, 6.07) is 10.2. The van der Waals surface area contributed by atoms with Crippen molar-refractivity contribution in [3.63, 3.8) is 0 Å². The molecule has 3 aromatic rings. The van der Waals surface area contributed by atoms with Gasteiger partial charge in [-0.2, -0.15) is 4.98 Å². The highest BCUT2D eigenvalue weighted by atomic mass is 19.1. The summed E-state index contributed by atoms with van der Waals surface area (Å²) in [5.41, 5.74) is 0.674. The Hall–Kier alpha value is -3.29. The van der Waals surface area contributed by atoms with E-state index < -0.39 is 17.5 Å². The Bertz CT molecular complexity index is 926. The summed E-state index contributed by atoms with van der Waals surface area (Å²) in [6.07, 6.45) is 0.209. The number of aryl methyl sites for hydroxylation is 1. The molecule has 8 heteroatoms. The van der Waals surface area contributed by atoms with Crippen LogP contribution in [0.4, 0.5) is 14.5 Å². The molecule has 0 bridgehead atoms. The molecule has 1 N–H and O–H groups in total. The molecule has 0 atom stereocenters. The molecule has 1 aromatic heterocycles. The number of hydrogen-bond acceptors (Lipinski definition) is 5. The second-order valence-corrected chi connectivity index (χ2v) is 5.64. The quantitative estimate of drug-likeness (QED) is 0.678. The SMILES string of the molecule is CCOc1ccc(-c2noc(CCC(=O)Nc3ccc(F)cc3F)n2)cc1. The summed E-state index contributed by atoms with van der Waals surface area (Å²) in [4.78, 5) is 16.2. The van der Waals surface area contributed by atoms with Crippen LogP contribution in [0.2, 0.25) is 0 Å². The molecular weight excluding hydrogens is 356 g/mol. The van der Waals surface area contributed by atoms with Crippen LogP contribution in [0, 0.1) is 11.6 Å². The molecule has 0 radical (unpaired) electrons. The van der Waals surface area contributed by atoms with Gasteiger partial charge in [0.1, 0.15) is 17.4 Å². The van der Waals surface area contributed by atoms with Gasteiger partial charge < -0.3 is 14.6 Å². The normalized spacial score (nSPS) is 10.6. The number of aromatic nitrogens is 2. The van der Waals surface area contributed by atoms with Gasteiger partial charge in [0.15, 0.2) is 0 Å². The summed E-state index contributed by atoms with van der Waals surface area (Å²) >= 11 is 0. The first-order chi connectivity index (χ1) is 13.0. The van der Waals surface area contributed by atoms with Crippen LogP contribution in [-0.2, 0) is 11.2 Å². The molecule has 0 fully saturated rings. The van der Waals surface area contributed by atoms with Gasteiger partial charge in [-0.25, -0.2) is 8.78 Å². The largest absolute Gasteiger partial charge is 0.494 e. The van der Waals surface area contributed by atoms with E-state index >= 15 is 0 Å². The van der Waals surface area contributed by atoms with Gasteiger partial charge in [-0.3, -0.25) is 4.79 Å². The van der Waals surface area contributed by atoms with Gasteiger partial charge in [-0.1, -0.05) is 5.16 Å². The van der Waals surface area contributed by atoms with E-state index in [0.717, 1.165) is 17.4 Å². The van der Waals surface area contributed by atoms with Gasteiger partial charge in [0.25, 0.3) is 0 Å². The van der Waals surface area contributed by atoms with E-state index in [-0.39, 0.29) is 24.4 Å². The van der Waals surface area contributed by atoms with Gasteiger partial charge in [-0.05, 0) is 43.3 Å². The van der Waals surface area contributed by atoms with Crippen molar-refractivity contribution in [3.8, 4) is 17.1 Å². The van der Waals surface area contributed by atoms with Crippen LogP contribution < -0.4 is 10.1 Å². The number of halogens is 2. The maximum atomic E-state index is 13.5.